The molecule has 1 aromatic carbocycles. The standard InChI is InChI=1S/C14H10ClN3O2/c15-12-5-4-11(14(19)20)13(18-12)17-8-10-3-1-2-9(6-10)7-16/h1-6H,8H2,(H,17,18)(H,19,20). The predicted molar refractivity (Wildman–Crippen MR) is 74.7 cm³/mol. The van der Waals surface area contributed by atoms with Crippen LogP contribution in [-0.4, -0.2) is 16.1 Å². The molecule has 2 rings (SSSR count). The molecule has 2 N–H and O–H groups in total. The van der Waals surface area contributed by atoms with Crippen LogP contribution in [0.15, 0.2) is 36.4 Å². The Kier molecular flexibility index (Phi) is 4.18. The van der Waals surface area contributed by atoms with Gasteiger partial charge in [0.1, 0.15) is 16.5 Å². The number of hydrogen-bond donors (Lipinski definition) is 2. The molecule has 0 spiro atoms. The molecule has 1 aromatic heterocycles. The zero-order valence-electron chi connectivity index (χ0n) is 10.3. The van der Waals surface area contributed by atoms with Gasteiger partial charge in [-0.3, -0.25) is 0 Å². The van der Waals surface area contributed by atoms with Gasteiger partial charge in [-0.2, -0.15) is 5.26 Å². The van der Waals surface area contributed by atoms with Crippen molar-refractivity contribution in [3.05, 3.63) is 58.2 Å². The quantitative estimate of drug-likeness (QED) is 0.844. The van der Waals surface area contributed by atoms with Crippen molar-refractivity contribution < 1.29 is 9.90 Å². The molecule has 1 heterocycles. The minimum atomic E-state index is -1.08. The zero-order chi connectivity index (χ0) is 14.5. The fourth-order valence-corrected chi connectivity index (χ4v) is 1.83. The monoisotopic (exact) mass is 287 g/mol. The number of carboxylic acid groups (broad SMARTS) is 1. The average molecular weight is 288 g/mol. The van der Waals surface area contributed by atoms with Gasteiger partial charge in [-0.15, -0.1) is 0 Å². The van der Waals surface area contributed by atoms with Crippen molar-refractivity contribution >= 4 is 23.4 Å². The lowest BCUT2D eigenvalue weighted by Crippen LogP contribution is -2.08. The maximum Gasteiger partial charge on any atom is 0.339 e. The van der Waals surface area contributed by atoms with Crippen LogP contribution < -0.4 is 5.32 Å². The largest absolute Gasteiger partial charge is 0.478 e. The highest BCUT2D eigenvalue weighted by Crippen LogP contribution is 2.17. The summed E-state index contributed by atoms with van der Waals surface area (Å²) in [5, 5.41) is 21.0. The van der Waals surface area contributed by atoms with E-state index in [-0.39, 0.29) is 16.5 Å². The number of nitrogens with zero attached hydrogens (tertiary/aromatic N) is 2. The van der Waals surface area contributed by atoms with Gasteiger partial charge in [0, 0.05) is 6.54 Å². The van der Waals surface area contributed by atoms with E-state index in [1.165, 1.54) is 12.1 Å². The molecule has 2 aromatic rings. The van der Waals surface area contributed by atoms with Gasteiger partial charge in [-0.1, -0.05) is 23.7 Å². The van der Waals surface area contributed by atoms with Gasteiger partial charge in [0.2, 0.25) is 0 Å². The van der Waals surface area contributed by atoms with Gasteiger partial charge in [0.15, 0.2) is 0 Å². The summed E-state index contributed by atoms with van der Waals surface area (Å²) in [6.45, 7) is 0.350. The minimum absolute atomic E-state index is 0.0471. The summed E-state index contributed by atoms with van der Waals surface area (Å²) in [5.74, 6) is -0.880. The molecule has 5 nitrogen and oxygen atoms in total. The number of aromatic nitrogens is 1. The predicted octanol–water partition coefficient (Wildman–Crippen LogP) is 2.92. The number of carboxylic acids is 1. The van der Waals surface area contributed by atoms with E-state index in [1.807, 2.05) is 12.1 Å². The van der Waals surface area contributed by atoms with Crippen LogP contribution in [0, 0.1) is 11.3 Å². The first-order valence-electron chi connectivity index (χ1n) is 5.73. The number of aromatic carboxylic acids is 1. The number of carbonyl (C=O) groups is 1. The van der Waals surface area contributed by atoms with Crippen LogP contribution in [0.2, 0.25) is 5.15 Å². The Labute approximate surface area is 120 Å². The molecular weight excluding hydrogens is 278 g/mol. The number of halogens is 1. The van der Waals surface area contributed by atoms with Crippen molar-refractivity contribution in [2.75, 3.05) is 5.32 Å². The van der Waals surface area contributed by atoms with E-state index in [0.29, 0.717) is 12.1 Å². The topological polar surface area (TPSA) is 86.0 Å². The highest BCUT2D eigenvalue weighted by Gasteiger charge is 2.11. The first-order chi connectivity index (χ1) is 9.60. The Balaban J connectivity index is 2.20. The van der Waals surface area contributed by atoms with Gasteiger partial charge < -0.3 is 10.4 Å². The number of hydrogen-bond acceptors (Lipinski definition) is 4. The summed E-state index contributed by atoms with van der Waals surface area (Å²) in [5.41, 5.74) is 1.44. The molecule has 0 saturated heterocycles. The molecule has 0 atom stereocenters. The van der Waals surface area contributed by atoms with Crippen LogP contribution in [0.4, 0.5) is 5.82 Å². The first kappa shape index (κ1) is 13.8. The molecule has 0 fully saturated rings. The van der Waals surface area contributed by atoms with Crippen molar-refractivity contribution in [2.45, 2.75) is 6.54 Å². The van der Waals surface area contributed by atoms with Gasteiger partial charge in [-0.25, -0.2) is 9.78 Å². The van der Waals surface area contributed by atoms with Crippen molar-refractivity contribution in [1.82, 2.24) is 4.98 Å². The Bertz CT molecular complexity index is 695. The second kappa shape index (κ2) is 6.04. The average Bonchev–Trinajstić information content (AvgIpc) is 2.45. The normalized spacial score (nSPS) is 9.80. The van der Waals surface area contributed by atoms with Crippen LogP contribution in [0.3, 0.4) is 0 Å². The smallest absolute Gasteiger partial charge is 0.339 e. The molecule has 0 unspecified atom stereocenters. The summed E-state index contributed by atoms with van der Waals surface area (Å²) in [4.78, 5) is 15.0. The first-order valence-corrected chi connectivity index (χ1v) is 6.10. The van der Waals surface area contributed by atoms with Crippen LogP contribution in [0.5, 0.6) is 0 Å². The van der Waals surface area contributed by atoms with E-state index >= 15 is 0 Å². The Morgan fingerprint density at radius 2 is 2.20 bits per heavy atom. The van der Waals surface area contributed by atoms with Gasteiger partial charge >= 0.3 is 5.97 Å². The molecule has 100 valence electrons. The number of anilines is 1. The lowest BCUT2D eigenvalue weighted by molar-refractivity contribution is 0.0697. The SMILES string of the molecule is N#Cc1cccc(CNc2nc(Cl)ccc2C(=O)O)c1. The third-order valence-corrected chi connectivity index (χ3v) is 2.82. The van der Waals surface area contributed by atoms with E-state index in [1.54, 1.807) is 18.2 Å². The van der Waals surface area contributed by atoms with E-state index in [9.17, 15) is 4.79 Å². The molecule has 6 heteroatoms. The van der Waals surface area contributed by atoms with E-state index in [2.05, 4.69) is 10.3 Å². The van der Waals surface area contributed by atoms with Crippen molar-refractivity contribution in [2.24, 2.45) is 0 Å². The van der Waals surface area contributed by atoms with Crippen LogP contribution >= 0.6 is 11.6 Å². The molecule has 0 saturated carbocycles. The van der Waals surface area contributed by atoms with E-state index < -0.39 is 5.97 Å². The van der Waals surface area contributed by atoms with Crippen molar-refractivity contribution in [3.8, 4) is 6.07 Å². The molecule has 0 amide bonds. The number of nitriles is 1. The molecule has 0 aliphatic carbocycles. The highest BCUT2D eigenvalue weighted by atomic mass is 35.5. The maximum atomic E-state index is 11.1. The number of nitrogens with one attached hydrogen (secondary N) is 1. The molecule has 0 aliphatic rings. The minimum Gasteiger partial charge on any atom is -0.478 e. The summed E-state index contributed by atoms with van der Waals surface area (Å²) in [7, 11) is 0. The lowest BCUT2D eigenvalue weighted by atomic mass is 10.1. The second-order valence-electron chi connectivity index (χ2n) is 4.00. The zero-order valence-corrected chi connectivity index (χ0v) is 11.1. The summed E-state index contributed by atoms with van der Waals surface area (Å²) in [6, 6.07) is 11.9. The Hall–Kier alpha value is -2.58. The molecule has 0 aliphatic heterocycles. The van der Waals surface area contributed by atoms with Gasteiger partial charge in [-0.05, 0) is 29.8 Å². The summed E-state index contributed by atoms with van der Waals surface area (Å²) in [6.07, 6.45) is 0. The molecule has 0 bridgehead atoms. The number of rotatable bonds is 4. The van der Waals surface area contributed by atoms with Crippen molar-refractivity contribution in [3.63, 3.8) is 0 Å². The second-order valence-corrected chi connectivity index (χ2v) is 4.39. The lowest BCUT2D eigenvalue weighted by Gasteiger charge is -2.09. The third kappa shape index (κ3) is 3.25. The highest BCUT2D eigenvalue weighted by molar-refractivity contribution is 6.29. The molecule has 0 radical (unpaired) electrons. The number of pyridine rings is 1. The van der Waals surface area contributed by atoms with Crippen LogP contribution in [-0.2, 0) is 6.54 Å². The molecule has 20 heavy (non-hydrogen) atoms. The van der Waals surface area contributed by atoms with Crippen LogP contribution in [0.1, 0.15) is 21.5 Å². The third-order valence-electron chi connectivity index (χ3n) is 2.61. The van der Waals surface area contributed by atoms with Crippen LogP contribution in [0.25, 0.3) is 0 Å². The fourth-order valence-electron chi connectivity index (χ4n) is 1.68. The van der Waals surface area contributed by atoms with Gasteiger partial charge in [0.25, 0.3) is 0 Å². The van der Waals surface area contributed by atoms with Gasteiger partial charge in [0.05, 0.1) is 11.6 Å². The van der Waals surface area contributed by atoms with E-state index in [0.717, 1.165) is 5.56 Å². The van der Waals surface area contributed by atoms with Crippen molar-refractivity contribution in [1.29, 1.82) is 5.26 Å². The summed E-state index contributed by atoms with van der Waals surface area (Å²) >= 11 is 5.76. The maximum absolute atomic E-state index is 11.1. The number of benzene rings is 1. The molecular formula is C14H10ClN3O2. The Morgan fingerprint density at radius 3 is 2.90 bits per heavy atom. The summed E-state index contributed by atoms with van der Waals surface area (Å²) < 4.78 is 0. The fraction of sp³-hybridized carbons (Fsp3) is 0.0714. The Morgan fingerprint density at radius 1 is 1.40 bits per heavy atom. The van der Waals surface area contributed by atoms with E-state index in [4.69, 9.17) is 22.0 Å².